The van der Waals surface area contributed by atoms with Gasteiger partial charge in [0.1, 0.15) is 0 Å². The summed E-state index contributed by atoms with van der Waals surface area (Å²) in [6.45, 7) is 10.8. The quantitative estimate of drug-likeness (QED) is 0.185. The lowest BCUT2D eigenvalue weighted by Crippen LogP contribution is -2.67. The average Bonchev–Trinajstić information content (AvgIpc) is 3.63. The molecule has 7 rings (SSSR count). The van der Waals surface area contributed by atoms with Gasteiger partial charge >= 0.3 is 0 Å². The first-order valence-corrected chi connectivity index (χ1v) is 19.4. The van der Waals surface area contributed by atoms with Gasteiger partial charge in [0, 0.05) is 25.2 Å². The van der Waals surface area contributed by atoms with Gasteiger partial charge < -0.3 is 28.1 Å². The minimum absolute atomic E-state index is 0.0329. The van der Waals surface area contributed by atoms with Crippen LogP contribution in [0, 0.1) is 5.92 Å². The van der Waals surface area contributed by atoms with Gasteiger partial charge in [0.25, 0.3) is 8.32 Å². The van der Waals surface area contributed by atoms with Crippen molar-refractivity contribution in [3.05, 3.63) is 109 Å². The molecular formula is C40H50O6Si. The lowest BCUT2D eigenvalue weighted by molar-refractivity contribution is -0.359. The highest BCUT2D eigenvalue weighted by Gasteiger charge is 2.60. The zero-order valence-corrected chi connectivity index (χ0v) is 29.3. The third-order valence-corrected chi connectivity index (χ3v) is 15.6. The first kappa shape index (κ1) is 32.9. The van der Waals surface area contributed by atoms with E-state index in [1.54, 1.807) is 0 Å². The molecule has 0 saturated carbocycles. The van der Waals surface area contributed by atoms with Crippen LogP contribution in [0.5, 0.6) is 0 Å². The minimum atomic E-state index is -2.65. The summed E-state index contributed by atoms with van der Waals surface area (Å²) in [6.07, 6.45) is 8.25. The molecule has 0 unspecified atom stereocenters. The molecule has 250 valence electrons. The zero-order chi connectivity index (χ0) is 32.5. The van der Waals surface area contributed by atoms with Crippen molar-refractivity contribution in [3.63, 3.8) is 0 Å². The van der Waals surface area contributed by atoms with Gasteiger partial charge in [-0.2, -0.15) is 0 Å². The summed E-state index contributed by atoms with van der Waals surface area (Å²) in [7, 11) is -2.65. The molecule has 47 heavy (non-hydrogen) atoms. The Morgan fingerprint density at radius 3 is 2.09 bits per heavy atom. The fraction of sp³-hybridized carbons (Fsp3) is 0.500. The molecule has 6 nitrogen and oxygen atoms in total. The van der Waals surface area contributed by atoms with Crippen LogP contribution >= 0.6 is 0 Å². The number of benzene rings is 3. The molecule has 3 saturated heterocycles. The van der Waals surface area contributed by atoms with Gasteiger partial charge in [-0.3, -0.25) is 0 Å². The molecule has 0 aromatic heterocycles. The van der Waals surface area contributed by atoms with Crippen LogP contribution in [0.15, 0.2) is 103 Å². The molecule has 0 amide bonds. The monoisotopic (exact) mass is 654 g/mol. The first-order valence-electron chi connectivity index (χ1n) is 17.5. The molecule has 3 aromatic carbocycles. The summed E-state index contributed by atoms with van der Waals surface area (Å²) in [6, 6.07) is 31.9. The van der Waals surface area contributed by atoms with Crippen LogP contribution in [0.4, 0.5) is 0 Å². The van der Waals surface area contributed by atoms with Crippen LogP contribution in [0.1, 0.15) is 65.4 Å². The maximum absolute atomic E-state index is 7.25. The van der Waals surface area contributed by atoms with E-state index in [9.17, 15) is 0 Å². The summed E-state index contributed by atoms with van der Waals surface area (Å²) in [5.74, 6) is -1.29. The second-order valence-corrected chi connectivity index (χ2v) is 19.2. The van der Waals surface area contributed by atoms with Gasteiger partial charge in [0.2, 0.25) is 0 Å². The third-order valence-electron chi connectivity index (χ3n) is 10.6. The van der Waals surface area contributed by atoms with Gasteiger partial charge in [-0.05, 0) is 39.9 Å². The van der Waals surface area contributed by atoms with Crippen LogP contribution in [-0.2, 0) is 34.7 Å². The predicted octanol–water partition coefficient (Wildman–Crippen LogP) is 6.91. The van der Waals surface area contributed by atoms with E-state index in [1.165, 1.54) is 10.4 Å². The summed E-state index contributed by atoms with van der Waals surface area (Å²) in [5, 5.41) is 2.49. The van der Waals surface area contributed by atoms with Crippen LogP contribution in [0.3, 0.4) is 0 Å². The Hall–Kier alpha value is -2.62. The maximum atomic E-state index is 7.25. The molecule has 4 aliphatic rings. The second-order valence-electron chi connectivity index (χ2n) is 14.9. The van der Waals surface area contributed by atoms with E-state index in [0.717, 1.165) is 37.7 Å². The van der Waals surface area contributed by atoms with E-state index in [1.807, 2.05) is 18.2 Å². The third kappa shape index (κ3) is 6.56. The smallest absolute Gasteiger partial charge is 0.261 e. The fourth-order valence-corrected chi connectivity index (χ4v) is 12.8. The Morgan fingerprint density at radius 1 is 0.766 bits per heavy atom. The molecule has 3 aromatic rings. The van der Waals surface area contributed by atoms with E-state index >= 15 is 0 Å². The molecular weight excluding hydrogens is 605 g/mol. The van der Waals surface area contributed by atoms with Crippen molar-refractivity contribution in [2.75, 3.05) is 13.2 Å². The topological polar surface area (TPSA) is 55.4 Å². The lowest BCUT2D eigenvalue weighted by Gasteiger charge is -2.45. The van der Waals surface area contributed by atoms with Crippen molar-refractivity contribution in [1.29, 1.82) is 0 Å². The normalized spacial score (nSPS) is 32.2. The van der Waals surface area contributed by atoms with Crippen molar-refractivity contribution in [2.45, 2.75) is 107 Å². The number of fused-ring (bicyclic) bond motifs is 1. The van der Waals surface area contributed by atoms with E-state index in [2.05, 4.69) is 113 Å². The summed E-state index contributed by atoms with van der Waals surface area (Å²) in [5.41, 5.74) is 1.16. The molecule has 4 aliphatic heterocycles. The standard InChI is InChI=1S/C40H50O6Si/c1-30-25-36-37(45-40(30)24-23-39(46-40)22-14-17-32(44-39)28-41-27-31-15-8-5-9-16-31)26-33(43-36)29-42-47(38(2,3)4,34-18-10-6-11-19-34)35-20-12-7-13-21-35/h5-16,18-22,30,32-33,36-37H,17,23-29H2,1-4H3/t30-,32-,33+,36-,37-,39-,40-/m1/s1. The lowest BCUT2D eigenvalue weighted by atomic mass is 9.86. The second kappa shape index (κ2) is 13.4. The van der Waals surface area contributed by atoms with E-state index in [4.69, 9.17) is 28.1 Å². The molecule has 3 fully saturated rings. The summed E-state index contributed by atoms with van der Waals surface area (Å²) in [4.78, 5) is 0. The van der Waals surface area contributed by atoms with Crippen molar-refractivity contribution >= 4 is 18.7 Å². The number of ether oxygens (including phenoxy) is 5. The van der Waals surface area contributed by atoms with E-state index in [0.29, 0.717) is 19.8 Å². The van der Waals surface area contributed by atoms with Gasteiger partial charge in [-0.25, -0.2) is 0 Å². The SMILES string of the molecule is C[C@@H]1C[C@H]2O[C@H](CO[Si](c3ccccc3)(c3ccccc3)C(C)(C)C)C[C@H]2O[C@@]12CC[C@@]1(C=CC[C@H](COCc3ccccc3)O1)O2. The molecule has 2 spiro atoms. The fourth-order valence-electron chi connectivity index (χ4n) is 8.25. The molecule has 7 atom stereocenters. The Kier molecular flexibility index (Phi) is 9.35. The highest BCUT2D eigenvalue weighted by atomic mass is 28.4. The van der Waals surface area contributed by atoms with Crippen molar-refractivity contribution in [3.8, 4) is 0 Å². The van der Waals surface area contributed by atoms with Crippen LogP contribution in [0.25, 0.3) is 0 Å². The number of hydrogen-bond donors (Lipinski definition) is 0. The Morgan fingerprint density at radius 2 is 1.43 bits per heavy atom. The van der Waals surface area contributed by atoms with Crippen molar-refractivity contribution < 1.29 is 28.1 Å². The summed E-state index contributed by atoms with van der Waals surface area (Å²) >= 11 is 0. The Labute approximate surface area is 281 Å². The van der Waals surface area contributed by atoms with Gasteiger partial charge in [0.05, 0.1) is 44.2 Å². The van der Waals surface area contributed by atoms with E-state index in [-0.39, 0.29) is 35.4 Å². The minimum Gasteiger partial charge on any atom is -0.405 e. The molecule has 0 N–H and O–H groups in total. The Balaban J connectivity index is 1.01. The van der Waals surface area contributed by atoms with Gasteiger partial charge in [-0.1, -0.05) is 125 Å². The van der Waals surface area contributed by atoms with Crippen molar-refractivity contribution in [2.24, 2.45) is 5.92 Å². The van der Waals surface area contributed by atoms with E-state index < -0.39 is 19.9 Å². The zero-order valence-electron chi connectivity index (χ0n) is 28.3. The summed E-state index contributed by atoms with van der Waals surface area (Å²) < 4.78 is 40.4. The number of rotatable bonds is 9. The van der Waals surface area contributed by atoms with Crippen molar-refractivity contribution in [1.82, 2.24) is 0 Å². The first-order chi connectivity index (χ1) is 22.7. The Bertz CT molecular complexity index is 1450. The van der Waals surface area contributed by atoms with Crippen LogP contribution in [0.2, 0.25) is 5.04 Å². The highest BCUT2D eigenvalue weighted by Crippen LogP contribution is 2.52. The largest absolute Gasteiger partial charge is 0.405 e. The average molecular weight is 655 g/mol. The van der Waals surface area contributed by atoms with Crippen LogP contribution < -0.4 is 10.4 Å². The highest BCUT2D eigenvalue weighted by molar-refractivity contribution is 6.99. The number of hydrogen-bond acceptors (Lipinski definition) is 6. The predicted molar refractivity (Wildman–Crippen MR) is 186 cm³/mol. The molecule has 0 bridgehead atoms. The molecule has 4 heterocycles. The van der Waals surface area contributed by atoms with Crippen LogP contribution in [-0.4, -0.2) is 57.5 Å². The maximum Gasteiger partial charge on any atom is 0.261 e. The van der Waals surface area contributed by atoms with Gasteiger partial charge in [0.15, 0.2) is 11.6 Å². The van der Waals surface area contributed by atoms with Gasteiger partial charge in [-0.15, -0.1) is 0 Å². The molecule has 0 radical (unpaired) electrons. The molecule has 7 heteroatoms. The molecule has 0 aliphatic carbocycles.